The summed E-state index contributed by atoms with van der Waals surface area (Å²) in [6.45, 7) is 0.640. The average molecular weight is 329 g/mol. The molecule has 0 radical (unpaired) electrons. The molecule has 0 spiro atoms. The Morgan fingerprint density at radius 3 is 2.12 bits per heavy atom. The Labute approximate surface area is 146 Å². The zero-order chi connectivity index (χ0) is 16.7. The van der Waals surface area contributed by atoms with Crippen molar-refractivity contribution in [2.75, 3.05) is 13.6 Å². The Bertz CT molecular complexity index is 488. The van der Waals surface area contributed by atoms with Crippen LogP contribution in [0.15, 0.2) is 0 Å². The standard InChI is InChI=1S/C20H32N4/c1-23(18-5-3-2-4-6-18)12-19(22)24(13-21)20-16-8-14-7-15(10-16)11-17(20)9-14/h14-18,20,22H,2-12H2,1H3. The van der Waals surface area contributed by atoms with Crippen LogP contribution in [0.25, 0.3) is 0 Å². The fourth-order valence-corrected chi connectivity index (χ4v) is 6.59. The lowest BCUT2D eigenvalue weighted by molar-refractivity contribution is -0.0333. The number of nitrogens with zero attached hydrogens (tertiary/aromatic N) is 3. The van der Waals surface area contributed by atoms with Crippen molar-refractivity contribution >= 4 is 5.84 Å². The van der Waals surface area contributed by atoms with Gasteiger partial charge in [0.2, 0.25) is 0 Å². The minimum Gasteiger partial charge on any atom is -0.296 e. The molecule has 0 unspecified atom stereocenters. The second-order valence-corrected chi connectivity index (χ2v) is 9.04. The third kappa shape index (κ3) is 2.96. The van der Waals surface area contributed by atoms with Gasteiger partial charge in [0.15, 0.2) is 6.19 Å². The molecule has 5 saturated carbocycles. The van der Waals surface area contributed by atoms with Crippen LogP contribution in [0.5, 0.6) is 0 Å². The summed E-state index contributed by atoms with van der Waals surface area (Å²) in [5, 5.41) is 18.5. The molecule has 4 heteroatoms. The van der Waals surface area contributed by atoms with Gasteiger partial charge in [-0.15, -0.1) is 0 Å². The predicted molar refractivity (Wildman–Crippen MR) is 95.5 cm³/mol. The lowest BCUT2D eigenvalue weighted by Gasteiger charge is -2.56. The number of likely N-dealkylation sites (N-methyl/N-ethyl adjacent to an activating group) is 1. The molecule has 5 fully saturated rings. The van der Waals surface area contributed by atoms with Gasteiger partial charge in [-0.2, -0.15) is 5.26 Å². The molecule has 4 nitrogen and oxygen atoms in total. The van der Waals surface area contributed by atoms with Crippen molar-refractivity contribution in [3.05, 3.63) is 0 Å². The first kappa shape index (κ1) is 16.4. The van der Waals surface area contributed by atoms with E-state index in [4.69, 9.17) is 5.41 Å². The van der Waals surface area contributed by atoms with Crippen molar-refractivity contribution < 1.29 is 0 Å². The summed E-state index contributed by atoms with van der Waals surface area (Å²) in [5.41, 5.74) is 0. The molecule has 0 aromatic heterocycles. The SMILES string of the molecule is CN(CC(=N)N(C#N)C1C2CC3CC(C2)CC1C3)C1CCCCC1. The summed E-state index contributed by atoms with van der Waals surface area (Å²) >= 11 is 0. The molecule has 5 rings (SSSR count). The molecule has 0 saturated heterocycles. The molecule has 5 aliphatic carbocycles. The van der Waals surface area contributed by atoms with Crippen LogP contribution in [0, 0.1) is 40.5 Å². The Balaban J connectivity index is 1.41. The van der Waals surface area contributed by atoms with Crippen molar-refractivity contribution in [1.29, 1.82) is 10.7 Å². The smallest absolute Gasteiger partial charge is 0.185 e. The van der Waals surface area contributed by atoms with Gasteiger partial charge in [0, 0.05) is 6.04 Å². The van der Waals surface area contributed by atoms with E-state index in [1.807, 2.05) is 4.90 Å². The topological polar surface area (TPSA) is 54.1 Å². The van der Waals surface area contributed by atoms with Gasteiger partial charge in [0.05, 0.1) is 12.6 Å². The second kappa shape index (κ2) is 6.67. The molecule has 0 heterocycles. The number of nitrogens with one attached hydrogen (secondary N) is 1. The van der Waals surface area contributed by atoms with Crippen molar-refractivity contribution in [2.24, 2.45) is 23.7 Å². The third-order valence-corrected chi connectivity index (χ3v) is 7.47. The van der Waals surface area contributed by atoms with E-state index in [0.717, 1.165) is 11.8 Å². The average Bonchev–Trinajstić information content (AvgIpc) is 2.58. The molecule has 132 valence electrons. The summed E-state index contributed by atoms with van der Waals surface area (Å²) in [7, 11) is 2.15. The Hall–Kier alpha value is -1.08. The minimum atomic E-state index is 0.329. The zero-order valence-corrected chi connectivity index (χ0v) is 15.1. The molecule has 24 heavy (non-hydrogen) atoms. The first-order valence-corrected chi connectivity index (χ1v) is 10.1. The molecule has 0 amide bonds. The van der Waals surface area contributed by atoms with Crippen molar-refractivity contribution in [3.8, 4) is 6.19 Å². The molecule has 1 N–H and O–H groups in total. The van der Waals surface area contributed by atoms with E-state index in [2.05, 4.69) is 18.1 Å². The maximum Gasteiger partial charge on any atom is 0.185 e. The summed E-state index contributed by atoms with van der Waals surface area (Å²) in [4.78, 5) is 4.16. The number of rotatable bonds is 4. The summed E-state index contributed by atoms with van der Waals surface area (Å²) < 4.78 is 0. The molecule has 5 aliphatic rings. The van der Waals surface area contributed by atoms with Crippen molar-refractivity contribution in [3.63, 3.8) is 0 Å². The van der Waals surface area contributed by atoms with Gasteiger partial charge in [0.25, 0.3) is 0 Å². The Morgan fingerprint density at radius 1 is 1.00 bits per heavy atom. The van der Waals surface area contributed by atoms with Crippen LogP contribution in [0.2, 0.25) is 0 Å². The first-order chi connectivity index (χ1) is 11.7. The zero-order valence-electron chi connectivity index (χ0n) is 15.1. The van der Waals surface area contributed by atoms with Crippen LogP contribution in [0.1, 0.15) is 64.2 Å². The normalized spacial score (nSPS) is 38.3. The fraction of sp³-hybridized carbons (Fsp3) is 0.900. The van der Waals surface area contributed by atoms with Crippen molar-refractivity contribution in [2.45, 2.75) is 76.3 Å². The Kier molecular flexibility index (Phi) is 4.56. The van der Waals surface area contributed by atoms with Gasteiger partial charge in [0.1, 0.15) is 5.84 Å². The maximum absolute atomic E-state index is 9.82. The Morgan fingerprint density at radius 2 is 1.58 bits per heavy atom. The highest BCUT2D eigenvalue weighted by Crippen LogP contribution is 2.55. The van der Waals surface area contributed by atoms with Gasteiger partial charge >= 0.3 is 0 Å². The molecular weight excluding hydrogens is 296 g/mol. The molecule has 0 aromatic rings. The van der Waals surface area contributed by atoms with E-state index in [1.54, 1.807) is 0 Å². The maximum atomic E-state index is 9.82. The molecule has 0 aliphatic heterocycles. The van der Waals surface area contributed by atoms with E-state index in [1.165, 1.54) is 64.2 Å². The number of hydrogen-bond donors (Lipinski definition) is 1. The third-order valence-electron chi connectivity index (χ3n) is 7.47. The van der Waals surface area contributed by atoms with E-state index in [0.29, 0.717) is 36.3 Å². The van der Waals surface area contributed by atoms with Gasteiger partial charge in [-0.25, -0.2) is 0 Å². The quantitative estimate of drug-likeness (QED) is 0.369. The minimum absolute atomic E-state index is 0.329. The molecule has 4 bridgehead atoms. The van der Waals surface area contributed by atoms with Gasteiger partial charge in [-0.1, -0.05) is 19.3 Å². The highest BCUT2D eigenvalue weighted by Gasteiger charge is 2.50. The van der Waals surface area contributed by atoms with Crippen LogP contribution < -0.4 is 0 Å². The number of hydrogen-bond acceptors (Lipinski definition) is 3. The van der Waals surface area contributed by atoms with Gasteiger partial charge in [-0.05, 0) is 75.7 Å². The highest BCUT2D eigenvalue weighted by atomic mass is 15.2. The summed E-state index contributed by atoms with van der Waals surface area (Å²) in [6.07, 6.45) is 15.6. The fourth-order valence-electron chi connectivity index (χ4n) is 6.59. The van der Waals surface area contributed by atoms with Crippen LogP contribution in [-0.2, 0) is 0 Å². The van der Waals surface area contributed by atoms with E-state index < -0.39 is 0 Å². The molecule has 0 aromatic carbocycles. The lowest BCUT2D eigenvalue weighted by Crippen LogP contribution is -2.57. The molecule has 0 atom stereocenters. The van der Waals surface area contributed by atoms with Gasteiger partial charge in [-0.3, -0.25) is 15.2 Å². The van der Waals surface area contributed by atoms with E-state index >= 15 is 0 Å². The van der Waals surface area contributed by atoms with Crippen molar-refractivity contribution in [1.82, 2.24) is 9.80 Å². The number of amidine groups is 1. The predicted octanol–water partition coefficient (Wildman–Crippen LogP) is 3.84. The van der Waals surface area contributed by atoms with E-state index in [-0.39, 0.29) is 0 Å². The lowest BCUT2D eigenvalue weighted by atomic mass is 9.54. The summed E-state index contributed by atoms with van der Waals surface area (Å²) in [6, 6.07) is 0.938. The van der Waals surface area contributed by atoms with Crippen LogP contribution in [0.3, 0.4) is 0 Å². The van der Waals surface area contributed by atoms with Gasteiger partial charge < -0.3 is 0 Å². The monoisotopic (exact) mass is 328 g/mol. The number of nitriles is 1. The van der Waals surface area contributed by atoms with Crippen LogP contribution in [0.4, 0.5) is 0 Å². The highest BCUT2D eigenvalue weighted by molar-refractivity contribution is 5.83. The molecular formula is C20H32N4. The van der Waals surface area contributed by atoms with Crippen LogP contribution >= 0.6 is 0 Å². The first-order valence-electron chi connectivity index (χ1n) is 10.1. The van der Waals surface area contributed by atoms with E-state index in [9.17, 15) is 5.26 Å². The summed E-state index contributed by atoms with van der Waals surface area (Å²) in [5.74, 6) is 3.72. The largest absolute Gasteiger partial charge is 0.296 e. The second-order valence-electron chi connectivity index (χ2n) is 9.04. The van der Waals surface area contributed by atoms with Crippen LogP contribution in [-0.4, -0.2) is 41.3 Å².